The molecule has 1 heterocycles. The van der Waals surface area contributed by atoms with E-state index in [0.717, 1.165) is 5.56 Å². The number of ether oxygens (including phenoxy) is 1. The van der Waals surface area contributed by atoms with Gasteiger partial charge in [-0.3, -0.25) is 10.1 Å². The first-order valence-corrected chi connectivity index (χ1v) is 7.00. The summed E-state index contributed by atoms with van der Waals surface area (Å²) in [6.45, 7) is 0. The summed E-state index contributed by atoms with van der Waals surface area (Å²) in [7, 11) is 0. The van der Waals surface area contributed by atoms with Gasteiger partial charge in [-0.25, -0.2) is 9.97 Å². The number of nitro benzene ring substituents is 1. The summed E-state index contributed by atoms with van der Waals surface area (Å²) < 4.78 is 6.00. The number of alkyl halides is 1. The second-order valence-corrected chi connectivity index (χ2v) is 4.90. The van der Waals surface area contributed by atoms with Crippen LogP contribution in [0.25, 0.3) is 0 Å². The van der Waals surface area contributed by atoms with Crippen LogP contribution in [0.1, 0.15) is 5.56 Å². The van der Waals surface area contributed by atoms with E-state index in [2.05, 4.69) is 41.8 Å². The molecule has 0 atom stereocenters. The predicted molar refractivity (Wildman–Crippen MR) is 75.5 cm³/mol. The van der Waals surface area contributed by atoms with Crippen LogP contribution in [0.4, 0.5) is 5.69 Å². The van der Waals surface area contributed by atoms with Crippen LogP contribution in [0, 0.1) is 10.1 Å². The first kappa shape index (κ1) is 13.9. The molecule has 0 amide bonds. The lowest BCUT2D eigenvalue weighted by Gasteiger charge is -2.05. The summed E-state index contributed by atoms with van der Waals surface area (Å²) in [6, 6.07) is 4.36. The Hall–Kier alpha value is -1.54. The highest BCUT2D eigenvalue weighted by molar-refractivity contribution is 9.10. The molecule has 6 nitrogen and oxygen atoms in total. The maximum absolute atomic E-state index is 10.7. The lowest BCUT2D eigenvalue weighted by molar-refractivity contribution is -0.384. The number of rotatable bonds is 4. The molecule has 0 spiro atoms. The van der Waals surface area contributed by atoms with E-state index < -0.39 is 4.92 Å². The molecule has 98 valence electrons. The minimum Gasteiger partial charge on any atom is -0.423 e. The fourth-order valence-corrected chi connectivity index (χ4v) is 1.86. The van der Waals surface area contributed by atoms with Crippen LogP contribution in [-0.2, 0) is 5.33 Å². The topological polar surface area (TPSA) is 78.2 Å². The number of nitro groups is 1. The Balaban J connectivity index is 2.26. The van der Waals surface area contributed by atoms with Gasteiger partial charge in [-0.2, -0.15) is 0 Å². The molecule has 0 aliphatic heterocycles. The molecule has 19 heavy (non-hydrogen) atoms. The SMILES string of the molecule is O=[N+]([O-])c1ccc(Br)c(Oc2ncc(CBr)cn2)c1. The molecule has 0 aliphatic rings. The van der Waals surface area contributed by atoms with Gasteiger partial charge in [-0.05, 0) is 27.6 Å². The number of benzene rings is 1. The van der Waals surface area contributed by atoms with Gasteiger partial charge in [0.25, 0.3) is 5.69 Å². The zero-order valence-corrected chi connectivity index (χ0v) is 12.6. The third kappa shape index (κ3) is 3.48. The van der Waals surface area contributed by atoms with Crippen LogP contribution >= 0.6 is 31.9 Å². The second kappa shape index (κ2) is 6.07. The van der Waals surface area contributed by atoms with Gasteiger partial charge in [0.15, 0.2) is 5.75 Å². The molecule has 0 fully saturated rings. The summed E-state index contributed by atoms with van der Waals surface area (Å²) in [5, 5.41) is 11.3. The fraction of sp³-hybridized carbons (Fsp3) is 0.0909. The number of hydrogen-bond acceptors (Lipinski definition) is 5. The minimum absolute atomic E-state index is 0.0599. The zero-order chi connectivity index (χ0) is 13.8. The first-order chi connectivity index (χ1) is 9.10. The third-order valence-corrected chi connectivity index (χ3v) is 3.47. The normalized spacial score (nSPS) is 10.2. The smallest absolute Gasteiger partial charge is 0.321 e. The van der Waals surface area contributed by atoms with Crippen molar-refractivity contribution in [3.63, 3.8) is 0 Å². The van der Waals surface area contributed by atoms with E-state index >= 15 is 0 Å². The van der Waals surface area contributed by atoms with Crippen molar-refractivity contribution in [3.05, 3.63) is 50.7 Å². The zero-order valence-electron chi connectivity index (χ0n) is 9.42. The van der Waals surface area contributed by atoms with E-state index in [1.54, 1.807) is 18.5 Å². The molecule has 2 aromatic rings. The van der Waals surface area contributed by atoms with Crippen molar-refractivity contribution in [1.82, 2.24) is 9.97 Å². The maximum Gasteiger partial charge on any atom is 0.321 e. The fourth-order valence-electron chi connectivity index (χ4n) is 1.25. The van der Waals surface area contributed by atoms with Crippen molar-refractivity contribution in [2.24, 2.45) is 0 Å². The molecule has 1 aromatic heterocycles. The van der Waals surface area contributed by atoms with Gasteiger partial charge < -0.3 is 4.74 Å². The molecule has 0 saturated heterocycles. The Morgan fingerprint density at radius 1 is 1.32 bits per heavy atom. The lowest BCUT2D eigenvalue weighted by atomic mass is 10.3. The van der Waals surface area contributed by atoms with E-state index in [1.807, 2.05) is 0 Å². The van der Waals surface area contributed by atoms with Gasteiger partial charge in [0, 0.05) is 23.8 Å². The van der Waals surface area contributed by atoms with Gasteiger partial charge in [0.1, 0.15) is 0 Å². The Bertz CT molecular complexity index is 605. The van der Waals surface area contributed by atoms with Gasteiger partial charge in [0.2, 0.25) is 0 Å². The standard InChI is InChI=1S/C11H7Br2N3O3/c12-4-7-5-14-11(15-6-7)19-10-3-8(16(17)18)1-2-9(10)13/h1-3,5-6H,4H2. The van der Waals surface area contributed by atoms with Crippen LogP contribution in [0.15, 0.2) is 35.1 Å². The Labute approximate surface area is 125 Å². The largest absolute Gasteiger partial charge is 0.423 e. The van der Waals surface area contributed by atoms with Gasteiger partial charge >= 0.3 is 6.01 Å². The Kier molecular flexibility index (Phi) is 4.43. The number of non-ortho nitro benzene ring substituents is 1. The molecule has 0 radical (unpaired) electrons. The quantitative estimate of drug-likeness (QED) is 0.451. The number of hydrogen-bond donors (Lipinski definition) is 0. The molecule has 0 N–H and O–H groups in total. The van der Waals surface area contributed by atoms with E-state index in [0.29, 0.717) is 15.6 Å². The van der Waals surface area contributed by atoms with Crippen LogP contribution < -0.4 is 4.74 Å². The molecule has 2 rings (SSSR count). The third-order valence-electron chi connectivity index (χ3n) is 2.16. The molecule has 0 saturated carbocycles. The number of nitrogens with zero attached hydrogens (tertiary/aromatic N) is 3. The van der Waals surface area contributed by atoms with Crippen LogP contribution in [0.5, 0.6) is 11.8 Å². The molecule has 0 unspecified atom stereocenters. The summed E-state index contributed by atoms with van der Waals surface area (Å²) in [5.41, 5.74) is 0.848. The highest BCUT2D eigenvalue weighted by Crippen LogP contribution is 2.31. The van der Waals surface area contributed by atoms with Gasteiger partial charge in [-0.15, -0.1) is 0 Å². The molecular formula is C11H7Br2N3O3. The van der Waals surface area contributed by atoms with E-state index in [-0.39, 0.29) is 11.7 Å². The maximum atomic E-state index is 10.7. The average Bonchev–Trinajstić information content (AvgIpc) is 2.42. The summed E-state index contributed by atoms with van der Waals surface area (Å²) in [6.07, 6.45) is 3.23. The molecule has 8 heteroatoms. The minimum atomic E-state index is -0.492. The summed E-state index contributed by atoms with van der Waals surface area (Å²) in [4.78, 5) is 18.2. The summed E-state index contributed by atoms with van der Waals surface area (Å²) >= 11 is 6.54. The van der Waals surface area contributed by atoms with Crippen molar-refractivity contribution >= 4 is 37.5 Å². The number of aromatic nitrogens is 2. The Morgan fingerprint density at radius 3 is 2.58 bits per heavy atom. The van der Waals surface area contributed by atoms with E-state index in [9.17, 15) is 10.1 Å². The molecule has 1 aromatic carbocycles. The highest BCUT2D eigenvalue weighted by Gasteiger charge is 2.12. The van der Waals surface area contributed by atoms with Crippen LogP contribution in [0.3, 0.4) is 0 Å². The van der Waals surface area contributed by atoms with Crippen molar-refractivity contribution in [3.8, 4) is 11.8 Å². The monoisotopic (exact) mass is 387 g/mol. The van der Waals surface area contributed by atoms with E-state index in [1.165, 1.54) is 12.1 Å². The van der Waals surface area contributed by atoms with E-state index in [4.69, 9.17) is 4.74 Å². The van der Waals surface area contributed by atoms with Crippen molar-refractivity contribution in [2.75, 3.05) is 0 Å². The molecule has 0 bridgehead atoms. The van der Waals surface area contributed by atoms with Crippen molar-refractivity contribution in [1.29, 1.82) is 0 Å². The first-order valence-electron chi connectivity index (χ1n) is 5.09. The predicted octanol–water partition coefficient (Wildman–Crippen LogP) is 3.83. The lowest BCUT2D eigenvalue weighted by Crippen LogP contribution is -1.95. The average molecular weight is 389 g/mol. The summed E-state index contributed by atoms with van der Waals surface area (Å²) in [5.74, 6) is 0.292. The van der Waals surface area contributed by atoms with Gasteiger partial charge in [0.05, 0.1) is 15.5 Å². The van der Waals surface area contributed by atoms with Crippen molar-refractivity contribution < 1.29 is 9.66 Å². The second-order valence-electron chi connectivity index (χ2n) is 3.48. The van der Waals surface area contributed by atoms with Crippen LogP contribution in [0.2, 0.25) is 0 Å². The highest BCUT2D eigenvalue weighted by atomic mass is 79.9. The molecule has 0 aliphatic carbocycles. The molecular weight excluding hydrogens is 382 g/mol. The Morgan fingerprint density at radius 2 is 2.00 bits per heavy atom. The van der Waals surface area contributed by atoms with Crippen LogP contribution in [-0.4, -0.2) is 14.9 Å². The van der Waals surface area contributed by atoms with Gasteiger partial charge in [-0.1, -0.05) is 15.9 Å². The van der Waals surface area contributed by atoms with Crippen molar-refractivity contribution in [2.45, 2.75) is 5.33 Å². The number of halogens is 2.